The van der Waals surface area contributed by atoms with E-state index in [0.717, 1.165) is 12.8 Å². The molecule has 1 aromatic rings. The summed E-state index contributed by atoms with van der Waals surface area (Å²) in [5, 5.41) is 19.7. The predicted octanol–water partition coefficient (Wildman–Crippen LogP) is 1.71. The van der Waals surface area contributed by atoms with Gasteiger partial charge in [0.15, 0.2) is 0 Å². The smallest absolute Gasteiger partial charge is 0.240 e. The van der Waals surface area contributed by atoms with Gasteiger partial charge >= 0.3 is 0 Å². The van der Waals surface area contributed by atoms with Crippen LogP contribution in [0.1, 0.15) is 50.7 Å². The molecule has 1 aliphatic carbocycles. The maximum Gasteiger partial charge on any atom is 0.240 e. The minimum atomic E-state index is -3.68. The Bertz CT molecular complexity index is 573. The maximum atomic E-state index is 12.4. The maximum absolute atomic E-state index is 12.4. The van der Waals surface area contributed by atoms with Crippen molar-refractivity contribution in [2.24, 2.45) is 0 Å². The predicted molar refractivity (Wildman–Crippen MR) is 80.3 cm³/mol. The van der Waals surface area contributed by atoms with Crippen molar-refractivity contribution >= 4 is 10.0 Å². The lowest BCUT2D eigenvalue weighted by atomic mass is 9.93. The molecule has 1 aromatic carbocycles. The van der Waals surface area contributed by atoms with E-state index in [1.54, 1.807) is 12.1 Å². The summed E-state index contributed by atoms with van der Waals surface area (Å²) in [5.74, 6) is 0. The van der Waals surface area contributed by atoms with E-state index in [2.05, 4.69) is 4.72 Å². The monoisotopic (exact) mass is 313 g/mol. The first-order valence-electron chi connectivity index (χ1n) is 7.42. The zero-order chi connectivity index (χ0) is 15.5. The van der Waals surface area contributed by atoms with Gasteiger partial charge in [-0.1, -0.05) is 31.9 Å². The zero-order valence-corrected chi connectivity index (χ0v) is 13.0. The number of hydrogen-bond donors (Lipinski definition) is 3. The van der Waals surface area contributed by atoms with E-state index in [9.17, 15) is 18.6 Å². The number of hydrogen-bond acceptors (Lipinski definition) is 4. The van der Waals surface area contributed by atoms with E-state index in [-0.39, 0.29) is 4.90 Å². The number of rotatable bonds is 5. The molecule has 0 radical (unpaired) electrons. The third-order valence-corrected chi connectivity index (χ3v) is 5.46. The van der Waals surface area contributed by atoms with Gasteiger partial charge in [-0.2, -0.15) is 0 Å². The lowest BCUT2D eigenvalue weighted by molar-refractivity contribution is 0.101. The van der Waals surface area contributed by atoms with Crippen LogP contribution in [0.3, 0.4) is 0 Å². The molecule has 0 amide bonds. The lowest BCUT2D eigenvalue weighted by Gasteiger charge is -2.28. The molecule has 1 saturated carbocycles. The highest BCUT2D eigenvalue weighted by Gasteiger charge is 2.28. The van der Waals surface area contributed by atoms with Crippen molar-refractivity contribution in [1.29, 1.82) is 0 Å². The Kier molecular flexibility index (Phi) is 5.37. The molecular weight excluding hydrogens is 290 g/mol. The van der Waals surface area contributed by atoms with Crippen molar-refractivity contribution < 1.29 is 18.6 Å². The Labute approximate surface area is 126 Å². The molecule has 0 aliphatic heterocycles. The Balaban J connectivity index is 2.19. The number of sulfonamides is 1. The fourth-order valence-corrected chi connectivity index (χ4v) is 4.00. The van der Waals surface area contributed by atoms with E-state index < -0.39 is 28.3 Å². The van der Waals surface area contributed by atoms with E-state index in [1.165, 1.54) is 12.1 Å². The van der Waals surface area contributed by atoms with Crippen LogP contribution >= 0.6 is 0 Å². The van der Waals surface area contributed by atoms with Crippen molar-refractivity contribution in [1.82, 2.24) is 4.72 Å². The molecule has 118 valence electrons. The van der Waals surface area contributed by atoms with Crippen LogP contribution in [0.4, 0.5) is 0 Å². The normalized spacial score (nSPS) is 24.7. The van der Waals surface area contributed by atoms with Gasteiger partial charge in [0.25, 0.3) is 0 Å². The highest BCUT2D eigenvalue weighted by molar-refractivity contribution is 7.89. The lowest BCUT2D eigenvalue weighted by Crippen LogP contribution is -2.44. The van der Waals surface area contributed by atoms with Crippen LogP contribution in [0.5, 0.6) is 0 Å². The number of aliphatic hydroxyl groups is 2. The minimum Gasteiger partial charge on any atom is -0.391 e. The Morgan fingerprint density at radius 3 is 2.71 bits per heavy atom. The van der Waals surface area contributed by atoms with Crippen LogP contribution in [-0.2, 0) is 10.0 Å². The molecule has 21 heavy (non-hydrogen) atoms. The molecule has 2 rings (SSSR count). The molecule has 0 bridgehead atoms. The molecule has 0 aromatic heterocycles. The molecule has 6 heteroatoms. The fraction of sp³-hybridized carbons (Fsp3) is 0.600. The molecule has 0 spiro atoms. The fourth-order valence-electron chi connectivity index (χ4n) is 2.64. The zero-order valence-electron chi connectivity index (χ0n) is 12.2. The van der Waals surface area contributed by atoms with E-state index in [1.807, 2.05) is 6.92 Å². The van der Waals surface area contributed by atoms with Gasteiger partial charge in [-0.15, -0.1) is 0 Å². The first kappa shape index (κ1) is 16.4. The van der Waals surface area contributed by atoms with Crippen LogP contribution in [0.2, 0.25) is 0 Å². The third kappa shape index (κ3) is 4.03. The van der Waals surface area contributed by atoms with Gasteiger partial charge < -0.3 is 10.2 Å². The Morgan fingerprint density at radius 1 is 1.33 bits per heavy atom. The van der Waals surface area contributed by atoms with Gasteiger partial charge in [-0.25, -0.2) is 13.1 Å². The molecular formula is C15H23NO4S. The first-order valence-corrected chi connectivity index (χ1v) is 8.91. The highest BCUT2D eigenvalue weighted by atomic mass is 32.2. The second-order valence-electron chi connectivity index (χ2n) is 5.58. The summed E-state index contributed by atoms with van der Waals surface area (Å²) in [4.78, 5) is 0.130. The summed E-state index contributed by atoms with van der Waals surface area (Å²) < 4.78 is 27.4. The van der Waals surface area contributed by atoms with Crippen molar-refractivity contribution in [2.75, 3.05) is 0 Å². The SMILES string of the molecule is CCC(O)c1cccc(S(=O)(=O)NC2CCCCC2O)c1. The van der Waals surface area contributed by atoms with Crippen LogP contribution in [0.25, 0.3) is 0 Å². The second kappa shape index (κ2) is 6.87. The molecule has 3 unspecified atom stereocenters. The van der Waals surface area contributed by atoms with Gasteiger partial charge in [-0.3, -0.25) is 0 Å². The summed E-state index contributed by atoms with van der Waals surface area (Å²) in [7, 11) is -3.68. The number of aliphatic hydroxyl groups excluding tert-OH is 2. The largest absolute Gasteiger partial charge is 0.391 e. The summed E-state index contributed by atoms with van der Waals surface area (Å²) in [6, 6.07) is 5.90. The number of nitrogens with one attached hydrogen (secondary N) is 1. The van der Waals surface area contributed by atoms with Gasteiger partial charge in [-0.05, 0) is 37.0 Å². The Morgan fingerprint density at radius 2 is 2.05 bits per heavy atom. The average molecular weight is 313 g/mol. The van der Waals surface area contributed by atoms with Gasteiger partial charge in [0.05, 0.1) is 17.1 Å². The van der Waals surface area contributed by atoms with Crippen molar-refractivity contribution in [3.63, 3.8) is 0 Å². The van der Waals surface area contributed by atoms with Crippen molar-refractivity contribution in [3.8, 4) is 0 Å². The third-order valence-electron chi connectivity index (χ3n) is 3.98. The molecule has 1 fully saturated rings. The molecule has 5 nitrogen and oxygen atoms in total. The van der Waals surface area contributed by atoms with Crippen LogP contribution < -0.4 is 4.72 Å². The van der Waals surface area contributed by atoms with Crippen LogP contribution in [0, 0.1) is 0 Å². The topological polar surface area (TPSA) is 86.6 Å². The quantitative estimate of drug-likeness (QED) is 0.772. The molecule has 0 heterocycles. The summed E-state index contributed by atoms with van der Waals surface area (Å²) in [6.45, 7) is 1.84. The standard InChI is InChI=1S/C15H23NO4S/c1-2-14(17)11-6-5-7-12(10-11)21(19,20)16-13-8-3-4-9-15(13)18/h5-7,10,13-18H,2-4,8-9H2,1H3. The van der Waals surface area contributed by atoms with Crippen molar-refractivity contribution in [3.05, 3.63) is 29.8 Å². The summed E-state index contributed by atoms with van der Waals surface area (Å²) in [6.07, 6.45) is 2.35. The summed E-state index contributed by atoms with van der Waals surface area (Å²) in [5.41, 5.74) is 0.588. The molecule has 0 saturated heterocycles. The minimum absolute atomic E-state index is 0.130. The number of benzene rings is 1. The van der Waals surface area contributed by atoms with E-state index in [0.29, 0.717) is 24.8 Å². The summed E-state index contributed by atoms with van der Waals surface area (Å²) >= 11 is 0. The average Bonchev–Trinajstić information content (AvgIpc) is 2.49. The van der Waals surface area contributed by atoms with Gasteiger partial charge in [0.1, 0.15) is 0 Å². The van der Waals surface area contributed by atoms with Gasteiger partial charge in [0, 0.05) is 6.04 Å². The van der Waals surface area contributed by atoms with Crippen LogP contribution in [-0.4, -0.2) is 30.8 Å². The molecule has 3 atom stereocenters. The van der Waals surface area contributed by atoms with Crippen LogP contribution in [0.15, 0.2) is 29.2 Å². The van der Waals surface area contributed by atoms with Crippen molar-refractivity contribution in [2.45, 2.75) is 62.2 Å². The van der Waals surface area contributed by atoms with E-state index >= 15 is 0 Å². The second-order valence-corrected chi connectivity index (χ2v) is 7.29. The molecule has 3 N–H and O–H groups in total. The molecule has 1 aliphatic rings. The highest BCUT2D eigenvalue weighted by Crippen LogP contribution is 2.23. The Hall–Kier alpha value is -0.950. The van der Waals surface area contributed by atoms with E-state index in [4.69, 9.17) is 0 Å². The first-order chi connectivity index (χ1) is 9.94. The van der Waals surface area contributed by atoms with Gasteiger partial charge in [0.2, 0.25) is 10.0 Å².